The summed E-state index contributed by atoms with van der Waals surface area (Å²) in [6.45, 7) is 0.122. The first kappa shape index (κ1) is 21.8. The van der Waals surface area contributed by atoms with Gasteiger partial charge in [-0.1, -0.05) is 12.1 Å². The summed E-state index contributed by atoms with van der Waals surface area (Å²) < 4.78 is 29.5. The van der Waals surface area contributed by atoms with E-state index < -0.39 is 12.0 Å². The van der Waals surface area contributed by atoms with Gasteiger partial charge < -0.3 is 24.4 Å². The second-order valence-electron chi connectivity index (χ2n) is 8.16. The Kier molecular flexibility index (Phi) is 5.79. The van der Waals surface area contributed by atoms with E-state index in [1.54, 1.807) is 42.3 Å². The Bertz CT molecular complexity index is 1210. The highest BCUT2D eigenvalue weighted by Crippen LogP contribution is 2.44. The standard InChI is InChI=1S/C26H23FN2O5/c1-32-20-9-2-16(3-10-20)25-21(26(31)28-18-6-4-17(27)5-7-18)11-13-24(30)29(25)19-8-12-22-23(14-19)34-15-33-22/h2-10,12,14,21,25H,11,13,15H2,1H3,(H,28,31)/t21-,25+/m1/s1. The predicted molar refractivity (Wildman–Crippen MR) is 124 cm³/mol. The third-order valence-electron chi connectivity index (χ3n) is 6.14. The van der Waals surface area contributed by atoms with Crippen LogP contribution in [-0.2, 0) is 9.59 Å². The minimum Gasteiger partial charge on any atom is -0.497 e. The minimum atomic E-state index is -0.562. The summed E-state index contributed by atoms with van der Waals surface area (Å²) in [5, 5.41) is 2.88. The molecular weight excluding hydrogens is 439 g/mol. The maximum absolute atomic E-state index is 13.4. The molecule has 1 N–H and O–H groups in total. The highest BCUT2D eigenvalue weighted by molar-refractivity contribution is 6.00. The van der Waals surface area contributed by atoms with Gasteiger partial charge in [0.25, 0.3) is 0 Å². The minimum absolute atomic E-state index is 0.0921. The molecule has 0 bridgehead atoms. The maximum atomic E-state index is 13.4. The van der Waals surface area contributed by atoms with Gasteiger partial charge in [0.05, 0.1) is 19.1 Å². The molecule has 3 aromatic rings. The van der Waals surface area contributed by atoms with Crippen LogP contribution in [0.15, 0.2) is 66.7 Å². The molecule has 0 spiro atoms. The molecular formula is C26H23FN2O5. The van der Waals surface area contributed by atoms with Gasteiger partial charge in [-0.2, -0.15) is 0 Å². The van der Waals surface area contributed by atoms with Crippen LogP contribution in [0, 0.1) is 11.7 Å². The first-order valence-corrected chi connectivity index (χ1v) is 11.0. The zero-order chi connectivity index (χ0) is 23.7. The molecule has 2 amide bonds. The van der Waals surface area contributed by atoms with Crippen molar-refractivity contribution in [2.45, 2.75) is 18.9 Å². The molecule has 2 atom stereocenters. The number of ether oxygens (including phenoxy) is 3. The molecule has 34 heavy (non-hydrogen) atoms. The quantitative estimate of drug-likeness (QED) is 0.596. The van der Waals surface area contributed by atoms with E-state index in [0.29, 0.717) is 35.0 Å². The number of nitrogens with one attached hydrogen (secondary N) is 1. The number of halogens is 1. The van der Waals surface area contributed by atoms with E-state index in [2.05, 4.69) is 5.32 Å². The third kappa shape index (κ3) is 4.14. The fourth-order valence-electron chi connectivity index (χ4n) is 4.46. The molecule has 0 radical (unpaired) electrons. The molecule has 5 rings (SSSR count). The summed E-state index contributed by atoms with van der Waals surface area (Å²) in [7, 11) is 1.58. The Morgan fingerprint density at radius 3 is 2.50 bits per heavy atom. The topological polar surface area (TPSA) is 77.1 Å². The Labute approximate surface area is 196 Å². The molecule has 3 aromatic carbocycles. The lowest BCUT2D eigenvalue weighted by molar-refractivity contribution is -0.125. The summed E-state index contributed by atoms with van der Waals surface area (Å²) >= 11 is 0. The number of benzene rings is 3. The number of hydrogen-bond donors (Lipinski definition) is 1. The predicted octanol–water partition coefficient (Wildman–Crippen LogP) is 4.69. The average molecular weight is 462 g/mol. The van der Waals surface area contributed by atoms with Crippen molar-refractivity contribution < 1.29 is 28.2 Å². The van der Waals surface area contributed by atoms with Crippen LogP contribution in [0.2, 0.25) is 0 Å². The Morgan fingerprint density at radius 2 is 1.76 bits per heavy atom. The Balaban J connectivity index is 1.53. The van der Waals surface area contributed by atoms with E-state index in [-0.39, 0.29) is 30.8 Å². The van der Waals surface area contributed by atoms with Crippen molar-refractivity contribution >= 4 is 23.2 Å². The van der Waals surface area contributed by atoms with E-state index in [1.807, 2.05) is 12.1 Å². The van der Waals surface area contributed by atoms with Crippen molar-refractivity contribution in [2.75, 3.05) is 24.1 Å². The fraction of sp³-hybridized carbons (Fsp3) is 0.231. The number of methoxy groups -OCH3 is 1. The lowest BCUT2D eigenvalue weighted by Crippen LogP contribution is -2.47. The fourth-order valence-corrected chi connectivity index (χ4v) is 4.46. The largest absolute Gasteiger partial charge is 0.497 e. The second kappa shape index (κ2) is 9.05. The molecule has 0 aromatic heterocycles. The molecule has 0 unspecified atom stereocenters. The molecule has 2 aliphatic rings. The van der Waals surface area contributed by atoms with E-state index in [4.69, 9.17) is 14.2 Å². The number of anilines is 2. The molecule has 8 heteroatoms. The van der Waals surface area contributed by atoms with Crippen LogP contribution in [-0.4, -0.2) is 25.7 Å². The first-order valence-electron chi connectivity index (χ1n) is 11.0. The van der Waals surface area contributed by atoms with E-state index in [1.165, 1.54) is 24.3 Å². The number of nitrogens with zero attached hydrogens (tertiary/aromatic N) is 1. The van der Waals surface area contributed by atoms with Gasteiger partial charge in [-0.25, -0.2) is 4.39 Å². The highest BCUT2D eigenvalue weighted by Gasteiger charge is 2.42. The molecule has 0 saturated carbocycles. The van der Waals surface area contributed by atoms with Crippen LogP contribution in [0.25, 0.3) is 0 Å². The van der Waals surface area contributed by atoms with Gasteiger partial charge in [-0.05, 0) is 60.5 Å². The number of amides is 2. The van der Waals surface area contributed by atoms with Gasteiger partial charge in [0.1, 0.15) is 11.6 Å². The van der Waals surface area contributed by atoms with Gasteiger partial charge >= 0.3 is 0 Å². The van der Waals surface area contributed by atoms with Crippen molar-refractivity contribution in [3.8, 4) is 17.2 Å². The summed E-state index contributed by atoms with van der Waals surface area (Å²) in [4.78, 5) is 28.3. The number of carbonyl (C=O) groups is 2. The highest BCUT2D eigenvalue weighted by atomic mass is 19.1. The van der Waals surface area contributed by atoms with Crippen LogP contribution in [0.5, 0.6) is 17.2 Å². The van der Waals surface area contributed by atoms with Crippen LogP contribution in [0.3, 0.4) is 0 Å². The summed E-state index contributed by atoms with van der Waals surface area (Å²) in [6.07, 6.45) is 0.589. The lowest BCUT2D eigenvalue weighted by atomic mass is 9.83. The molecule has 2 heterocycles. The maximum Gasteiger partial charge on any atom is 0.231 e. The number of fused-ring (bicyclic) bond motifs is 1. The van der Waals surface area contributed by atoms with Gasteiger partial charge in [0.15, 0.2) is 11.5 Å². The van der Waals surface area contributed by atoms with Crippen LogP contribution >= 0.6 is 0 Å². The normalized spacial score (nSPS) is 19.1. The molecule has 0 aliphatic carbocycles. The average Bonchev–Trinajstić information content (AvgIpc) is 3.33. The van der Waals surface area contributed by atoms with Crippen LogP contribution in [0.1, 0.15) is 24.4 Å². The number of hydrogen-bond acceptors (Lipinski definition) is 5. The zero-order valence-corrected chi connectivity index (χ0v) is 18.5. The summed E-state index contributed by atoms with van der Waals surface area (Å²) in [5.41, 5.74) is 1.91. The molecule has 174 valence electrons. The van der Waals surface area contributed by atoms with Gasteiger partial charge in [0.2, 0.25) is 18.6 Å². The van der Waals surface area contributed by atoms with E-state index >= 15 is 0 Å². The van der Waals surface area contributed by atoms with Gasteiger partial charge in [0, 0.05) is 23.9 Å². The van der Waals surface area contributed by atoms with Crippen molar-refractivity contribution in [1.82, 2.24) is 0 Å². The molecule has 2 aliphatic heterocycles. The second-order valence-corrected chi connectivity index (χ2v) is 8.16. The molecule has 1 fully saturated rings. The smallest absolute Gasteiger partial charge is 0.231 e. The number of carbonyl (C=O) groups excluding carboxylic acids is 2. The molecule has 1 saturated heterocycles. The van der Waals surface area contributed by atoms with Crippen molar-refractivity contribution in [2.24, 2.45) is 5.92 Å². The van der Waals surface area contributed by atoms with Crippen molar-refractivity contribution in [3.05, 3.63) is 78.1 Å². The van der Waals surface area contributed by atoms with E-state index in [0.717, 1.165) is 5.56 Å². The lowest BCUT2D eigenvalue weighted by Gasteiger charge is -2.41. The third-order valence-corrected chi connectivity index (χ3v) is 6.14. The monoisotopic (exact) mass is 462 g/mol. The van der Waals surface area contributed by atoms with E-state index in [9.17, 15) is 14.0 Å². The van der Waals surface area contributed by atoms with Gasteiger partial charge in [-0.15, -0.1) is 0 Å². The Morgan fingerprint density at radius 1 is 1.03 bits per heavy atom. The Hall–Kier alpha value is -4.07. The summed E-state index contributed by atoms with van der Waals surface area (Å²) in [6, 6.07) is 17.7. The molecule has 7 nitrogen and oxygen atoms in total. The number of piperidine rings is 1. The SMILES string of the molecule is COc1ccc([C@H]2[C@H](C(=O)Nc3ccc(F)cc3)CCC(=O)N2c2ccc3c(c2)OCO3)cc1. The van der Waals surface area contributed by atoms with Gasteiger partial charge in [-0.3, -0.25) is 9.59 Å². The number of rotatable bonds is 5. The first-order chi connectivity index (χ1) is 16.5. The zero-order valence-electron chi connectivity index (χ0n) is 18.5. The van der Waals surface area contributed by atoms with Crippen molar-refractivity contribution in [3.63, 3.8) is 0 Å². The van der Waals surface area contributed by atoms with Crippen LogP contribution in [0.4, 0.5) is 15.8 Å². The van der Waals surface area contributed by atoms with Crippen LogP contribution < -0.4 is 24.4 Å². The van der Waals surface area contributed by atoms with Crippen molar-refractivity contribution in [1.29, 1.82) is 0 Å². The summed E-state index contributed by atoms with van der Waals surface area (Å²) in [5.74, 6) is 0.577.